The summed E-state index contributed by atoms with van der Waals surface area (Å²) < 4.78 is 5.41. The maximum absolute atomic E-state index is 12.3. The molecule has 2 aromatic rings. The molecule has 1 saturated heterocycles. The summed E-state index contributed by atoms with van der Waals surface area (Å²) in [6, 6.07) is 3.98. The third-order valence-electron chi connectivity index (χ3n) is 4.21. The number of nitrogens with zero attached hydrogens (tertiary/aromatic N) is 3. The lowest BCUT2D eigenvalue weighted by Crippen LogP contribution is -2.51. The number of hydrogen-bond donors (Lipinski definition) is 1. The number of carbonyl (C=O) groups is 2. The number of ether oxygens (including phenoxy) is 1. The van der Waals surface area contributed by atoms with Gasteiger partial charge in [0, 0.05) is 44.6 Å². The number of thiophene rings is 1. The van der Waals surface area contributed by atoms with E-state index in [1.54, 1.807) is 21.6 Å². The van der Waals surface area contributed by atoms with Gasteiger partial charge in [-0.2, -0.15) is 0 Å². The van der Waals surface area contributed by atoms with Gasteiger partial charge < -0.3 is 15.0 Å². The molecule has 0 unspecified atom stereocenters. The predicted octanol–water partition coefficient (Wildman–Crippen LogP) is 3.15. The van der Waals surface area contributed by atoms with E-state index in [2.05, 4.69) is 15.2 Å². The van der Waals surface area contributed by atoms with Gasteiger partial charge in [0.2, 0.25) is 0 Å². The zero-order valence-electron chi connectivity index (χ0n) is 16.4. The molecule has 152 valence electrons. The van der Waals surface area contributed by atoms with E-state index >= 15 is 0 Å². The van der Waals surface area contributed by atoms with Crippen LogP contribution in [-0.4, -0.2) is 71.7 Å². The van der Waals surface area contributed by atoms with Gasteiger partial charge in [-0.1, -0.05) is 6.07 Å². The van der Waals surface area contributed by atoms with Gasteiger partial charge in [-0.15, -0.1) is 22.7 Å². The van der Waals surface area contributed by atoms with Gasteiger partial charge in [0.05, 0.1) is 4.88 Å². The van der Waals surface area contributed by atoms with Gasteiger partial charge in [0.25, 0.3) is 5.91 Å². The molecule has 3 rings (SSSR count). The fraction of sp³-hybridized carbons (Fsp3) is 0.526. The molecule has 2 aromatic heterocycles. The van der Waals surface area contributed by atoms with Crippen LogP contribution in [0.5, 0.6) is 0 Å². The number of hydrogen-bond acceptors (Lipinski definition) is 7. The SMILES string of the molecule is CC(C)(C)OC(=O)N1CCN(CCNC(=O)c2csc(-c3cccs3)n2)CC1. The first-order valence-corrected chi connectivity index (χ1v) is 11.1. The Kier molecular flexibility index (Phi) is 6.69. The highest BCUT2D eigenvalue weighted by Crippen LogP contribution is 2.27. The molecule has 0 aromatic carbocycles. The molecular formula is C19H26N4O3S2. The van der Waals surface area contributed by atoms with E-state index in [0.717, 1.165) is 29.5 Å². The van der Waals surface area contributed by atoms with Crippen molar-refractivity contribution in [3.8, 4) is 9.88 Å². The number of amides is 2. The average Bonchev–Trinajstić information content (AvgIpc) is 3.32. The maximum Gasteiger partial charge on any atom is 0.410 e. The summed E-state index contributed by atoms with van der Waals surface area (Å²) in [4.78, 5) is 33.9. The minimum absolute atomic E-state index is 0.147. The van der Waals surface area contributed by atoms with Crippen LogP contribution in [0.3, 0.4) is 0 Å². The van der Waals surface area contributed by atoms with Crippen LogP contribution in [0, 0.1) is 0 Å². The third-order valence-corrected chi connectivity index (χ3v) is 6.09. The van der Waals surface area contributed by atoms with E-state index in [-0.39, 0.29) is 12.0 Å². The topological polar surface area (TPSA) is 74.8 Å². The summed E-state index contributed by atoms with van der Waals surface area (Å²) in [6.07, 6.45) is -0.259. The van der Waals surface area contributed by atoms with Crippen molar-refractivity contribution in [1.82, 2.24) is 20.1 Å². The Morgan fingerprint density at radius 1 is 1.21 bits per heavy atom. The lowest BCUT2D eigenvalue weighted by molar-refractivity contribution is 0.0147. The zero-order chi connectivity index (χ0) is 20.1. The normalized spacial score (nSPS) is 15.5. The van der Waals surface area contributed by atoms with Crippen LogP contribution in [0.4, 0.5) is 4.79 Å². The van der Waals surface area contributed by atoms with Crippen molar-refractivity contribution < 1.29 is 14.3 Å². The molecule has 0 atom stereocenters. The molecule has 0 spiro atoms. The highest BCUT2D eigenvalue weighted by atomic mass is 32.1. The molecular weight excluding hydrogens is 396 g/mol. The average molecular weight is 423 g/mol. The van der Waals surface area contributed by atoms with Gasteiger partial charge in [-0.3, -0.25) is 9.69 Å². The molecule has 1 N–H and O–H groups in total. The van der Waals surface area contributed by atoms with Gasteiger partial charge in [0.15, 0.2) is 0 Å². The molecule has 0 saturated carbocycles. The molecule has 3 heterocycles. The molecule has 0 bridgehead atoms. The Hall–Kier alpha value is -1.97. The van der Waals surface area contributed by atoms with Gasteiger partial charge >= 0.3 is 6.09 Å². The fourth-order valence-corrected chi connectivity index (χ4v) is 4.40. The van der Waals surface area contributed by atoms with Gasteiger partial charge in [-0.05, 0) is 32.2 Å². The van der Waals surface area contributed by atoms with E-state index in [1.807, 2.05) is 38.3 Å². The maximum atomic E-state index is 12.3. The minimum atomic E-state index is -0.475. The molecule has 0 radical (unpaired) electrons. The molecule has 2 amide bonds. The number of aromatic nitrogens is 1. The van der Waals surface area contributed by atoms with Crippen LogP contribution in [0.25, 0.3) is 9.88 Å². The summed E-state index contributed by atoms with van der Waals surface area (Å²) >= 11 is 3.10. The summed E-state index contributed by atoms with van der Waals surface area (Å²) in [6.45, 7) is 9.73. The van der Waals surface area contributed by atoms with Crippen molar-refractivity contribution in [3.05, 3.63) is 28.6 Å². The van der Waals surface area contributed by atoms with Crippen LogP contribution in [0.2, 0.25) is 0 Å². The van der Waals surface area contributed by atoms with Crippen molar-refractivity contribution in [2.45, 2.75) is 26.4 Å². The van der Waals surface area contributed by atoms with E-state index in [0.29, 0.717) is 25.3 Å². The zero-order valence-corrected chi connectivity index (χ0v) is 18.1. The summed E-state index contributed by atoms with van der Waals surface area (Å²) in [7, 11) is 0. The Bertz CT molecular complexity index is 790. The molecule has 1 aliphatic rings. The highest BCUT2D eigenvalue weighted by Gasteiger charge is 2.25. The fourth-order valence-electron chi connectivity index (χ4n) is 2.79. The van der Waals surface area contributed by atoms with E-state index < -0.39 is 5.60 Å². The standard InChI is InChI=1S/C19H26N4O3S2/c1-19(2,3)26-18(25)23-10-8-22(9-11-23)7-6-20-16(24)14-13-28-17(21-14)15-5-4-12-27-15/h4-5,12-13H,6-11H2,1-3H3,(H,20,24). The molecule has 1 fully saturated rings. The van der Waals surface area contributed by atoms with Crippen LogP contribution < -0.4 is 5.32 Å². The van der Waals surface area contributed by atoms with E-state index in [9.17, 15) is 9.59 Å². The van der Waals surface area contributed by atoms with Crippen LogP contribution in [0.1, 0.15) is 31.3 Å². The Morgan fingerprint density at radius 3 is 2.61 bits per heavy atom. The second-order valence-electron chi connectivity index (χ2n) is 7.58. The molecule has 9 heteroatoms. The largest absolute Gasteiger partial charge is 0.444 e. The van der Waals surface area contributed by atoms with E-state index in [4.69, 9.17) is 4.74 Å². The predicted molar refractivity (Wildman–Crippen MR) is 112 cm³/mol. The van der Waals surface area contributed by atoms with Crippen molar-refractivity contribution >= 4 is 34.7 Å². The Morgan fingerprint density at radius 2 is 1.96 bits per heavy atom. The second-order valence-corrected chi connectivity index (χ2v) is 9.39. The number of nitrogens with one attached hydrogen (secondary N) is 1. The summed E-state index contributed by atoms with van der Waals surface area (Å²) in [5, 5.41) is 7.60. The molecule has 7 nitrogen and oxygen atoms in total. The minimum Gasteiger partial charge on any atom is -0.444 e. The highest BCUT2D eigenvalue weighted by molar-refractivity contribution is 7.20. The Balaban J connectivity index is 1.38. The smallest absolute Gasteiger partial charge is 0.410 e. The lowest BCUT2D eigenvalue weighted by Gasteiger charge is -2.35. The Labute approximate surface area is 173 Å². The second kappa shape index (κ2) is 9.02. The molecule has 0 aliphatic carbocycles. The number of rotatable bonds is 5. The van der Waals surface area contributed by atoms with Crippen LogP contribution >= 0.6 is 22.7 Å². The van der Waals surface area contributed by atoms with Crippen LogP contribution in [0.15, 0.2) is 22.9 Å². The third kappa shape index (κ3) is 5.76. The lowest BCUT2D eigenvalue weighted by atomic mass is 10.2. The number of thiazole rings is 1. The van der Waals surface area contributed by atoms with Crippen molar-refractivity contribution in [3.63, 3.8) is 0 Å². The molecule has 28 heavy (non-hydrogen) atoms. The number of piperazine rings is 1. The van der Waals surface area contributed by atoms with Crippen molar-refractivity contribution in [1.29, 1.82) is 0 Å². The first kappa shape index (κ1) is 20.8. The summed E-state index contributed by atoms with van der Waals surface area (Å²) in [5.74, 6) is -0.147. The van der Waals surface area contributed by atoms with E-state index in [1.165, 1.54) is 11.3 Å². The van der Waals surface area contributed by atoms with Crippen LogP contribution in [-0.2, 0) is 4.74 Å². The molecule has 1 aliphatic heterocycles. The summed E-state index contributed by atoms with van der Waals surface area (Å²) in [5.41, 5.74) is -0.0134. The quantitative estimate of drug-likeness (QED) is 0.801. The monoisotopic (exact) mass is 422 g/mol. The van der Waals surface area contributed by atoms with Gasteiger partial charge in [0.1, 0.15) is 16.3 Å². The first-order valence-electron chi connectivity index (χ1n) is 9.30. The van der Waals surface area contributed by atoms with Gasteiger partial charge in [-0.25, -0.2) is 9.78 Å². The number of carbonyl (C=O) groups excluding carboxylic acids is 2. The van der Waals surface area contributed by atoms with Crippen molar-refractivity contribution in [2.24, 2.45) is 0 Å². The van der Waals surface area contributed by atoms with Crippen molar-refractivity contribution in [2.75, 3.05) is 39.3 Å². The first-order chi connectivity index (χ1) is 13.3.